The van der Waals surface area contributed by atoms with E-state index in [-0.39, 0.29) is 13.0 Å². The molecule has 0 aliphatic heterocycles. The Morgan fingerprint density at radius 3 is 2.62 bits per heavy atom. The lowest BCUT2D eigenvalue weighted by atomic mass is 10.1. The summed E-state index contributed by atoms with van der Waals surface area (Å²) in [4.78, 5) is 23.8. The van der Waals surface area contributed by atoms with Crippen molar-refractivity contribution in [2.24, 2.45) is 5.73 Å². The minimum Gasteiger partial charge on any atom is -0.461 e. The van der Waals surface area contributed by atoms with Gasteiger partial charge in [0.1, 0.15) is 6.61 Å². The van der Waals surface area contributed by atoms with Crippen molar-refractivity contribution in [2.45, 2.75) is 19.1 Å². The summed E-state index contributed by atoms with van der Waals surface area (Å²) in [5, 5.41) is 2.63. The first-order chi connectivity index (χ1) is 11.6. The average Bonchev–Trinajstić information content (AvgIpc) is 2.61. The van der Waals surface area contributed by atoms with E-state index in [9.17, 15) is 9.59 Å². The van der Waals surface area contributed by atoms with Crippen LogP contribution in [0, 0.1) is 12.3 Å². The van der Waals surface area contributed by atoms with Crippen molar-refractivity contribution in [1.29, 1.82) is 0 Å². The largest absolute Gasteiger partial charge is 0.461 e. The van der Waals surface area contributed by atoms with Crippen LogP contribution in [0.5, 0.6) is 0 Å². The molecular formula is C19H18N2O3. The van der Waals surface area contributed by atoms with E-state index in [4.69, 9.17) is 16.9 Å². The molecule has 122 valence electrons. The van der Waals surface area contributed by atoms with Crippen molar-refractivity contribution in [3.63, 3.8) is 0 Å². The van der Waals surface area contributed by atoms with E-state index in [1.807, 2.05) is 30.3 Å². The summed E-state index contributed by atoms with van der Waals surface area (Å²) >= 11 is 0. The second kappa shape index (κ2) is 8.51. The van der Waals surface area contributed by atoms with E-state index in [0.29, 0.717) is 11.3 Å². The predicted molar refractivity (Wildman–Crippen MR) is 91.8 cm³/mol. The summed E-state index contributed by atoms with van der Waals surface area (Å²) in [7, 11) is 0. The zero-order chi connectivity index (χ0) is 17.4. The molecule has 0 aliphatic rings. The van der Waals surface area contributed by atoms with Crippen LogP contribution < -0.4 is 11.1 Å². The minimum absolute atomic E-state index is 0.151. The number of carbonyl (C=O) groups excluding carboxylic acids is 2. The normalized spacial score (nSPS) is 11.2. The van der Waals surface area contributed by atoms with Crippen LogP contribution in [-0.2, 0) is 20.9 Å². The third-order valence-corrected chi connectivity index (χ3v) is 3.26. The third-order valence-electron chi connectivity index (χ3n) is 3.26. The van der Waals surface area contributed by atoms with Crippen molar-refractivity contribution in [2.75, 3.05) is 5.32 Å². The van der Waals surface area contributed by atoms with Gasteiger partial charge in [-0.3, -0.25) is 9.59 Å². The number of rotatable bonds is 6. The van der Waals surface area contributed by atoms with E-state index >= 15 is 0 Å². The van der Waals surface area contributed by atoms with Gasteiger partial charge < -0.3 is 15.8 Å². The molecule has 3 N–H and O–H groups in total. The van der Waals surface area contributed by atoms with Gasteiger partial charge in [-0.05, 0) is 23.8 Å². The van der Waals surface area contributed by atoms with Crippen molar-refractivity contribution >= 4 is 17.6 Å². The van der Waals surface area contributed by atoms with E-state index in [1.54, 1.807) is 24.3 Å². The Morgan fingerprint density at radius 2 is 1.92 bits per heavy atom. The predicted octanol–water partition coefficient (Wildman–Crippen LogP) is 2.07. The summed E-state index contributed by atoms with van der Waals surface area (Å²) in [6.45, 7) is 0.151. The number of ether oxygens (including phenoxy) is 1. The van der Waals surface area contributed by atoms with Crippen molar-refractivity contribution in [1.82, 2.24) is 0 Å². The molecule has 2 rings (SSSR count). The fourth-order valence-electron chi connectivity index (χ4n) is 1.99. The standard InChI is InChI=1S/C19H18N2O3/c1-2-14-9-6-10-16(11-14)21-19(23)17(20)12-18(22)24-13-15-7-4-3-5-8-15/h1,3-11,17H,12-13,20H2,(H,21,23)/t17-/m0/s1. The first-order valence-corrected chi connectivity index (χ1v) is 7.41. The summed E-state index contributed by atoms with van der Waals surface area (Å²) in [5.41, 5.74) is 7.80. The fraction of sp³-hybridized carbons (Fsp3) is 0.158. The first-order valence-electron chi connectivity index (χ1n) is 7.41. The van der Waals surface area contributed by atoms with Gasteiger partial charge in [0.15, 0.2) is 0 Å². The maximum absolute atomic E-state index is 12.0. The van der Waals surface area contributed by atoms with Gasteiger partial charge in [-0.1, -0.05) is 42.3 Å². The quantitative estimate of drug-likeness (QED) is 0.630. The van der Waals surface area contributed by atoms with Crippen LogP contribution in [0.1, 0.15) is 17.5 Å². The van der Waals surface area contributed by atoms with Crippen molar-refractivity contribution < 1.29 is 14.3 Å². The summed E-state index contributed by atoms with van der Waals surface area (Å²) < 4.78 is 5.11. The number of nitrogens with one attached hydrogen (secondary N) is 1. The third kappa shape index (κ3) is 5.27. The Kier molecular flexibility index (Phi) is 6.12. The topological polar surface area (TPSA) is 81.4 Å². The smallest absolute Gasteiger partial charge is 0.308 e. The molecule has 0 heterocycles. The molecule has 2 aromatic rings. The van der Waals surface area contributed by atoms with Gasteiger partial charge in [-0.25, -0.2) is 0 Å². The monoisotopic (exact) mass is 322 g/mol. The average molecular weight is 322 g/mol. The molecule has 0 saturated heterocycles. The van der Waals surface area contributed by atoms with Gasteiger partial charge in [0, 0.05) is 11.3 Å². The first kappa shape index (κ1) is 17.3. The molecule has 0 bridgehead atoms. The van der Waals surface area contributed by atoms with Crippen molar-refractivity contribution in [3.05, 3.63) is 65.7 Å². The van der Waals surface area contributed by atoms with Gasteiger partial charge in [0.25, 0.3) is 0 Å². The number of hydrogen-bond donors (Lipinski definition) is 2. The SMILES string of the molecule is C#Cc1cccc(NC(=O)[C@@H](N)CC(=O)OCc2ccccc2)c1. The van der Waals surface area contributed by atoms with Gasteiger partial charge in [0.2, 0.25) is 5.91 Å². The molecule has 5 heteroatoms. The molecule has 2 aromatic carbocycles. The van der Waals surface area contributed by atoms with Gasteiger partial charge >= 0.3 is 5.97 Å². The number of amides is 1. The molecule has 5 nitrogen and oxygen atoms in total. The van der Waals surface area contributed by atoms with E-state index < -0.39 is 17.9 Å². The second-order valence-electron chi connectivity index (χ2n) is 5.17. The highest BCUT2D eigenvalue weighted by Gasteiger charge is 2.18. The fourth-order valence-corrected chi connectivity index (χ4v) is 1.99. The highest BCUT2D eigenvalue weighted by Crippen LogP contribution is 2.10. The number of esters is 1. The molecular weight excluding hydrogens is 304 g/mol. The zero-order valence-electron chi connectivity index (χ0n) is 13.1. The molecule has 0 spiro atoms. The minimum atomic E-state index is -0.997. The van der Waals surface area contributed by atoms with Gasteiger partial charge in [-0.2, -0.15) is 0 Å². The molecule has 1 atom stereocenters. The van der Waals surface area contributed by atoms with Crippen LogP contribution in [0.2, 0.25) is 0 Å². The number of hydrogen-bond acceptors (Lipinski definition) is 4. The van der Waals surface area contributed by atoms with Gasteiger partial charge in [0.05, 0.1) is 12.5 Å². The molecule has 0 unspecified atom stereocenters. The highest BCUT2D eigenvalue weighted by atomic mass is 16.5. The zero-order valence-corrected chi connectivity index (χ0v) is 13.1. The molecule has 0 saturated carbocycles. The van der Waals surface area contributed by atoms with Gasteiger partial charge in [-0.15, -0.1) is 6.42 Å². The molecule has 0 fully saturated rings. The van der Waals surface area contributed by atoms with E-state index in [0.717, 1.165) is 5.56 Å². The summed E-state index contributed by atoms with van der Waals surface area (Å²) in [6.07, 6.45) is 5.11. The Hall–Kier alpha value is -3.10. The van der Waals surface area contributed by atoms with Crippen LogP contribution in [0.3, 0.4) is 0 Å². The number of carbonyl (C=O) groups is 2. The maximum Gasteiger partial charge on any atom is 0.308 e. The number of terminal acetylenes is 1. The van der Waals surface area contributed by atoms with Crippen LogP contribution in [0.4, 0.5) is 5.69 Å². The lowest BCUT2D eigenvalue weighted by Crippen LogP contribution is -2.37. The molecule has 1 amide bonds. The summed E-state index contributed by atoms with van der Waals surface area (Å²) in [6, 6.07) is 15.1. The molecule has 0 radical (unpaired) electrons. The van der Waals surface area contributed by atoms with E-state index in [2.05, 4.69) is 11.2 Å². The summed E-state index contributed by atoms with van der Waals surface area (Å²) in [5.74, 6) is 1.48. The molecule has 0 aromatic heterocycles. The number of anilines is 1. The van der Waals surface area contributed by atoms with E-state index in [1.165, 1.54) is 0 Å². The lowest BCUT2D eigenvalue weighted by molar-refractivity contribution is -0.146. The Labute approximate surface area is 140 Å². The Bertz CT molecular complexity index is 751. The maximum atomic E-state index is 12.0. The molecule has 24 heavy (non-hydrogen) atoms. The van der Waals surface area contributed by atoms with Crippen LogP contribution in [0.25, 0.3) is 0 Å². The number of nitrogens with two attached hydrogens (primary N) is 1. The number of benzene rings is 2. The Morgan fingerprint density at radius 1 is 1.17 bits per heavy atom. The van der Waals surface area contributed by atoms with Crippen LogP contribution >= 0.6 is 0 Å². The molecule has 0 aliphatic carbocycles. The van der Waals surface area contributed by atoms with Crippen molar-refractivity contribution in [3.8, 4) is 12.3 Å². The highest BCUT2D eigenvalue weighted by molar-refractivity contribution is 5.96. The Balaban J connectivity index is 1.82. The lowest BCUT2D eigenvalue weighted by Gasteiger charge is -2.12. The van der Waals surface area contributed by atoms with Crippen LogP contribution in [-0.4, -0.2) is 17.9 Å². The van der Waals surface area contributed by atoms with Crippen LogP contribution in [0.15, 0.2) is 54.6 Å². The second-order valence-corrected chi connectivity index (χ2v) is 5.17.